The molecule has 0 aliphatic heterocycles. The lowest BCUT2D eigenvalue weighted by molar-refractivity contribution is 0.567. The number of hydrogen-bond donors (Lipinski definition) is 2. The number of thiophene rings is 2. The summed E-state index contributed by atoms with van der Waals surface area (Å²) < 4.78 is 11.1. The molecule has 0 fully saturated rings. The fourth-order valence-corrected chi connectivity index (χ4v) is 5.10. The van der Waals surface area contributed by atoms with Crippen molar-refractivity contribution in [1.82, 2.24) is 15.0 Å². The van der Waals surface area contributed by atoms with Crippen molar-refractivity contribution >= 4 is 54.6 Å². The second-order valence-electron chi connectivity index (χ2n) is 9.48. The van der Waals surface area contributed by atoms with E-state index in [-0.39, 0.29) is 0 Å². The van der Waals surface area contributed by atoms with Gasteiger partial charge >= 0.3 is 0 Å². The Kier molecular flexibility index (Phi) is 138. The van der Waals surface area contributed by atoms with Gasteiger partial charge in [0.25, 0.3) is 0 Å². The molecule has 436 valence electrons. The van der Waals surface area contributed by atoms with E-state index in [1.165, 1.54) is 21.0 Å². The first-order valence-corrected chi connectivity index (χ1v) is 31.0. The van der Waals surface area contributed by atoms with Gasteiger partial charge in [-0.25, -0.2) is 0 Å². The maximum Gasteiger partial charge on any atom is 0.133 e. The van der Waals surface area contributed by atoms with Crippen molar-refractivity contribution in [2.24, 2.45) is 0 Å². The number of fused-ring (bicyclic) bond motifs is 3. The standard InChI is InChI=1S/C8H7N.C8H6O.C8H6S.C5H5N.C4H5N.C4H4O.C4H4S.14C2H6/c3*1-2-4-8-7(3-1)5-6-9-8;1-2-4-6-5-3-1;3*1-2-4-5-3-1;14*1-2/h1-6,9H;2*1-6H;1-5H;1-5H;2*1-4H;14*1-2H3. The van der Waals surface area contributed by atoms with Gasteiger partial charge in [0.2, 0.25) is 0 Å². The van der Waals surface area contributed by atoms with Crippen molar-refractivity contribution in [2.75, 3.05) is 0 Å². The van der Waals surface area contributed by atoms with Crippen LogP contribution >= 0.6 is 22.7 Å². The Bertz CT molecular complexity index is 1710. The Morgan fingerprint density at radius 2 is 0.763 bits per heavy atom. The molecule has 3 aromatic carbocycles. The zero-order valence-corrected chi connectivity index (χ0v) is 55.9. The second kappa shape index (κ2) is 109. The molecule has 0 saturated heterocycles. The van der Waals surface area contributed by atoms with Gasteiger partial charge in [0, 0.05) is 46.6 Å². The van der Waals surface area contributed by atoms with Gasteiger partial charge in [-0.2, -0.15) is 11.3 Å². The molecule has 10 rings (SSSR count). The Morgan fingerprint density at radius 3 is 1.11 bits per heavy atom. The first-order valence-electron chi connectivity index (χ1n) is 29.1. The smallest absolute Gasteiger partial charge is 0.133 e. The van der Waals surface area contributed by atoms with Gasteiger partial charge in [0.05, 0.1) is 18.8 Å². The number of para-hydroxylation sites is 2. The molecule has 7 heterocycles. The van der Waals surface area contributed by atoms with Gasteiger partial charge in [0.15, 0.2) is 0 Å². The summed E-state index contributed by atoms with van der Waals surface area (Å²) in [5.74, 6) is 0. The van der Waals surface area contributed by atoms with Crippen LogP contribution in [-0.4, -0.2) is 15.0 Å². The quantitative estimate of drug-likeness (QED) is 0.159. The summed E-state index contributed by atoms with van der Waals surface area (Å²) in [5.41, 5.74) is 2.16. The summed E-state index contributed by atoms with van der Waals surface area (Å²) in [6.45, 7) is 56.0. The molecule has 0 aliphatic rings. The Balaban J connectivity index is -0.0000000675. The molecule has 7 aromatic heterocycles. The average Bonchev–Trinajstić information content (AvgIpc) is 4.43. The number of aromatic amines is 2. The van der Waals surface area contributed by atoms with E-state index in [9.17, 15) is 0 Å². The number of aromatic nitrogens is 3. The number of pyridine rings is 1. The Hall–Kier alpha value is -5.89. The summed E-state index contributed by atoms with van der Waals surface area (Å²) in [5, 5.41) is 9.99. The number of rotatable bonds is 0. The minimum atomic E-state index is 0.956. The Labute approximate surface area is 481 Å². The first-order chi connectivity index (χ1) is 37.9. The summed E-state index contributed by atoms with van der Waals surface area (Å²) in [4.78, 5) is 9.77. The van der Waals surface area contributed by atoms with E-state index < -0.39 is 0 Å². The van der Waals surface area contributed by atoms with Crippen LogP contribution in [0.25, 0.3) is 32.0 Å². The highest BCUT2D eigenvalue weighted by Gasteiger charge is 1.90. The highest BCUT2D eigenvalue weighted by molar-refractivity contribution is 7.17. The molecule has 76 heavy (non-hydrogen) atoms. The third-order valence-corrected chi connectivity index (χ3v) is 7.63. The molecule has 2 N–H and O–H groups in total. The number of furan rings is 2. The van der Waals surface area contributed by atoms with Crippen molar-refractivity contribution in [2.45, 2.75) is 194 Å². The molecule has 10 aromatic rings. The maximum atomic E-state index is 5.12. The lowest BCUT2D eigenvalue weighted by Gasteiger charge is -1.83. The number of H-pyrrole nitrogens is 2. The number of benzene rings is 3. The van der Waals surface area contributed by atoms with E-state index in [2.05, 4.69) is 73.3 Å². The van der Waals surface area contributed by atoms with Crippen molar-refractivity contribution in [1.29, 1.82) is 0 Å². The molecular formula is C69H121N3O2S2. The van der Waals surface area contributed by atoms with Gasteiger partial charge in [0.1, 0.15) is 5.58 Å². The van der Waals surface area contributed by atoms with E-state index >= 15 is 0 Å². The van der Waals surface area contributed by atoms with E-state index in [1.807, 2.05) is 320 Å². The third-order valence-electron chi connectivity index (χ3n) is 6.10. The van der Waals surface area contributed by atoms with Gasteiger partial charge in [-0.05, 0) is 99.7 Å². The lowest BCUT2D eigenvalue weighted by Crippen LogP contribution is -1.61. The molecule has 0 saturated carbocycles. The van der Waals surface area contributed by atoms with Gasteiger partial charge < -0.3 is 18.8 Å². The van der Waals surface area contributed by atoms with E-state index in [0.29, 0.717) is 0 Å². The van der Waals surface area contributed by atoms with Crippen LogP contribution in [0.5, 0.6) is 0 Å². The highest BCUT2D eigenvalue weighted by atomic mass is 32.1. The summed E-state index contributed by atoms with van der Waals surface area (Å²) in [6.07, 6.45) is 14.1. The van der Waals surface area contributed by atoms with Crippen molar-refractivity contribution in [3.8, 4) is 0 Å². The summed E-state index contributed by atoms with van der Waals surface area (Å²) in [7, 11) is 0. The SMILES string of the molecule is CC.CC.CC.CC.CC.CC.CC.CC.CC.CC.CC.CC.CC.CC.c1cc[nH]c1.c1ccc2[nH]ccc2c1.c1ccc2occc2c1.c1ccc2sccc2c1.c1ccncc1.c1ccoc1.c1ccsc1. The minimum Gasteiger partial charge on any atom is -0.473 e. The van der Waals surface area contributed by atoms with Crippen LogP contribution in [0.3, 0.4) is 0 Å². The zero-order chi connectivity index (χ0) is 61.2. The van der Waals surface area contributed by atoms with Gasteiger partial charge in [-0.3, -0.25) is 4.98 Å². The molecule has 0 amide bonds. The van der Waals surface area contributed by atoms with Crippen LogP contribution < -0.4 is 0 Å². The van der Waals surface area contributed by atoms with Crippen LogP contribution in [0.4, 0.5) is 0 Å². The highest BCUT2D eigenvalue weighted by Crippen LogP contribution is 2.19. The maximum absolute atomic E-state index is 5.12. The van der Waals surface area contributed by atoms with E-state index in [4.69, 9.17) is 4.42 Å². The lowest BCUT2D eigenvalue weighted by atomic mass is 10.3. The number of nitrogens with one attached hydrogen (secondary N) is 2. The van der Waals surface area contributed by atoms with Crippen molar-refractivity contribution in [3.63, 3.8) is 0 Å². The Morgan fingerprint density at radius 1 is 0.329 bits per heavy atom. The molecule has 0 aliphatic carbocycles. The summed E-state index contributed by atoms with van der Waals surface area (Å²) >= 11 is 3.50. The van der Waals surface area contributed by atoms with Crippen LogP contribution in [0.15, 0.2) is 220 Å². The minimum absolute atomic E-state index is 0.956. The monoisotopic (exact) mass is 1090 g/mol. The average molecular weight is 1090 g/mol. The second-order valence-corrected chi connectivity index (χ2v) is 11.2. The number of nitrogens with zero attached hydrogens (tertiary/aromatic N) is 1. The molecule has 0 unspecified atom stereocenters. The van der Waals surface area contributed by atoms with Gasteiger partial charge in [-0.15, -0.1) is 11.3 Å². The largest absolute Gasteiger partial charge is 0.473 e. The van der Waals surface area contributed by atoms with Crippen LogP contribution in [-0.2, 0) is 0 Å². The van der Waals surface area contributed by atoms with E-state index in [1.54, 1.807) is 53.9 Å². The van der Waals surface area contributed by atoms with Crippen molar-refractivity contribution < 1.29 is 8.83 Å². The van der Waals surface area contributed by atoms with Crippen molar-refractivity contribution in [3.05, 3.63) is 212 Å². The predicted molar refractivity (Wildman–Crippen MR) is 363 cm³/mol. The molecule has 0 spiro atoms. The van der Waals surface area contributed by atoms with Crippen LogP contribution in [0, 0.1) is 0 Å². The molecule has 0 radical (unpaired) electrons. The van der Waals surface area contributed by atoms with Crippen LogP contribution in [0.1, 0.15) is 194 Å². The van der Waals surface area contributed by atoms with Crippen LogP contribution in [0.2, 0.25) is 0 Å². The predicted octanol–water partition coefficient (Wildman–Crippen LogP) is 27.0. The molecule has 7 heteroatoms. The molecule has 0 atom stereocenters. The molecule has 0 bridgehead atoms. The normalized spacial score (nSPS) is 6.95. The third kappa shape index (κ3) is 70.2. The number of hydrogen-bond acceptors (Lipinski definition) is 5. The topological polar surface area (TPSA) is 70.8 Å². The van der Waals surface area contributed by atoms with E-state index in [0.717, 1.165) is 11.0 Å². The fourth-order valence-electron chi connectivity index (χ4n) is 3.85. The van der Waals surface area contributed by atoms with Gasteiger partial charge in [-0.1, -0.05) is 267 Å². The zero-order valence-electron chi connectivity index (χ0n) is 54.3. The fraction of sp³-hybridized carbons (Fsp3) is 0.406. The summed E-state index contributed by atoms with van der Waals surface area (Å²) in [6, 6.07) is 48.0. The molecule has 5 nitrogen and oxygen atoms in total. The molecular weight excluding hydrogens is 967 g/mol. The first kappa shape index (κ1) is 95.8.